The highest BCUT2D eigenvalue weighted by Crippen LogP contribution is 2.10. The molecule has 72 valence electrons. The molecule has 1 aromatic heterocycles. The van der Waals surface area contributed by atoms with Crippen LogP contribution in [0.1, 0.15) is 5.69 Å². The first-order valence-corrected chi connectivity index (χ1v) is 4.70. The molecule has 4 heteroatoms. The summed E-state index contributed by atoms with van der Waals surface area (Å²) < 4.78 is 6.13. The Kier molecular flexibility index (Phi) is 2.65. The van der Waals surface area contributed by atoms with Crippen molar-refractivity contribution in [2.24, 2.45) is 0 Å². The van der Waals surface area contributed by atoms with Crippen molar-refractivity contribution in [1.29, 1.82) is 0 Å². The monoisotopic (exact) mass is 206 g/mol. The molecule has 0 saturated carbocycles. The fourth-order valence-corrected chi connectivity index (χ4v) is 1.32. The first-order chi connectivity index (χ1) is 6.84. The van der Waals surface area contributed by atoms with E-state index in [0.717, 1.165) is 11.4 Å². The van der Waals surface area contributed by atoms with Crippen molar-refractivity contribution in [2.45, 2.75) is 6.61 Å². The maximum Gasteiger partial charge on any atom is 0.174 e. The van der Waals surface area contributed by atoms with Crippen LogP contribution in [-0.4, -0.2) is 9.97 Å². The SMILES string of the molecule is S=c1[nH]cc(COc2ccccc2)[nH]1. The van der Waals surface area contributed by atoms with E-state index in [9.17, 15) is 0 Å². The van der Waals surface area contributed by atoms with Gasteiger partial charge in [-0.25, -0.2) is 0 Å². The van der Waals surface area contributed by atoms with Crippen molar-refractivity contribution in [3.63, 3.8) is 0 Å². The summed E-state index contributed by atoms with van der Waals surface area (Å²) in [6.45, 7) is 0.497. The molecular formula is C10H10N2OS. The first kappa shape index (κ1) is 9.02. The van der Waals surface area contributed by atoms with Gasteiger partial charge in [-0.3, -0.25) is 0 Å². The van der Waals surface area contributed by atoms with Crippen LogP contribution in [0.2, 0.25) is 0 Å². The van der Waals surface area contributed by atoms with Gasteiger partial charge in [-0.15, -0.1) is 0 Å². The Bertz CT molecular complexity index is 446. The molecule has 2 rings (SSSR count). The van der Waals surface area contributed by atoms with Gasteiger partial charge in [-0.1, -0.05) is 18.2 Å². The van der Waals surface area contributed by atoms with E-state index in [4.69, 9.17) is 17.0 Å². The minimum absolute atomic E-state index is 0.497. The largest absolute Gasteiger partial charge is 0.487 e. The predicted molar refractivity (Wildman–Crippen MR) is 56.8 cm³/mol. The van der Waals surface area contributed by atoms with Gasteiger partial charge in [-0.05, 0) is 24.4 Å². The van der Waals surface area contributed by atoms with E-state index in [2.05, 4.69) is 9.97 Å². The number of H-pyrrole nitrogens is 2. The Morgan fingerprint density at radius 1 is 1.21 bits per heavy atom. The van der Waals surface area contributed by atoms with Crippen LogP contribution >= 0.6 is 12.2 Å². The Labute approximate surface area is 86.8 Å². The maximum absolute atomic E-state index is 5.51. The van der Waals surface area contributed by atoms with Crippen molar-refractivity contribution in [1.82, 2.24) is 9.97 Å². The molecule has 0 amide bonds. The second-order valence-corrected chi connectivity index (χ2v) is 3.28. The third-order valence-corrected chi connectivity index (χ3v) is 2.01. The number of ether oxygens (including phenoxy) is 1. The van der Waals surface area contributed by atoms with Gasteiger partial charge in [0.1, 0.15) is 12.4 Å². The van der Waals surface area contributed by atoms with Crippen LogP contribution in [0, 0.1) is 4.77 Å². The Morgan fingerprint density at radius 3 is 2.64 bits per heavy atom. The maximum atomic E-state index is 5.51. The van der Waals surface area contributed by atoms with E-state index in [1.807, 2.05) is 36.5 Å². The van der Waals surface area contributed by atoms with Crippen LogP contribution in [0.3, 0.4) is 0 Å². The zero-order chi connectivity index (χ0) is 9.80. The molecule has 0 aliphatic rings. The number of aromatic amines is 2. The molecule has 2 aromatic rings. The molecule has 1 aromatic carbocycles. The zero-order valence-corrected chi connectivity index (χ0v) is 8.30. The van der Waals surface area contributed by atoms with Gasteiger partial charge in [0.15, 0.2) is 4.77 Å². The fourth-order valence-electron chi connectivity index (χ4n) is 1.13. The highest BCUT2D eigenvalue weighted by molar-refractivity contribution is 7.71. The zero-order valence-electron chi connectivity index (χ0n) is 7.49. The van der Waals surface area contributed by atoms with E-state index >= 15 is 0 Å². The number of nitrogens with one attached hydrogen (secondary N) is 2. The third kappa shape index (κ3) is 2.23. The molecule has 0 fully saturated rings. The minimum atomic E-state index is 0.497. The standard InChI is InChI=1S/C10H10N2OS/c14-10-11-6-8(12-10)7-13-9-4-2-1-3-5-9/h1-6H,7H2,(H2,11,12,14). The van der Waals surface area contributed by atoms with E-state index in [1.54, 1.807) is 0 Å². The summed E-state index contributed by atoms with van der Waals surface area (Å²) in [5.74, 6) is 0.855. The summed E-state index contributed by atoms with van der Waals surface area (Å²) in [6, 6.07) is 9.67. The van der Waals surface area contributed by atoms with E-state index in [0.29, 0.717) is 11.4 Å². The first-order valence-electron chi connectivity index (χ1n) is 4.29. The molecule has 2 N–H and O–H groups in total. The van der Waals surface area contributed by atoms with Crippen molar-refractivity contribution >= 4 is 12.2 Å². The quantitative estimate of drug-likeness (QED) is 0.758. The van der Waals surface area contributed by atoms with Crippen molar-refractivity contribution in [3.8, 4) is 5.75 Å². The van der Waals surface area contributed by atoms with Crippen molar-refractivity contribution in [2.75, 3.05) is 0 Å². The molecule has 0 aliphatic heterocycles. The lowest BCUT2D eigenvalue weighted by atomic mass is 10.3. The second kappa shape index (κ2) is 4.11. The topological polar surface area (TPSA) is 40.8 Å². The Balaban J connectivity index is 1.98. The molecule has 0 aliphatic carbocycles. The van der Waals surface area contributed by atoms with Crippen LogP contribution in [-0.2, 0) is 6.61 Å². The van der Waals surface area contributed by atoms with Gasteiger partial charge in [0, 0.05) is 6.20 Å². The van der Waals surface area contributed by atoms with Crippen molar-refractivity contribution < 1.29 is 4.74 Å². The van der Waals surface area contributed by atoms with Crippen LogP contribution < -0.4 is 4.74 Å². The molecule has 14 heavy (non-hydrogen) atoms. The number of aromatic nitrogens is 2. The summed E-state index contributed by atoms with van der Waals surface area (Å²) in [5.41, 5.74) is 0.943. The van der Waals surface area contributed by atoms with Crippen molar-refractivity contribution in [3.05, 3.63) is 47.0 Å². The summed E-state index contributed by atoms with van der Waals surface area (Å²) in [5, 5.41) is 0. The molecule has 0 saturated heterocycles. The third-order valence-electron chi connectivity index (χ3n) is 1.79. The molecule has 0 bridgehead atoms. The second-order valence-electron chi connectivity index (χ2n) is 2.87. The van der Waals surface area contributed by atoms with Crippen LogP contribution in [0.5, 0.6) is 5.75 Å². The molecule has 0 atom stereocenters. The average molecular weight is 206 g/mol. The Hall–Kier alpha value is -1.55. The van der Waals surface area contributed by atoms with Crippen LogP contribution in [0.15, 0.2) is 36.5 Å². The Morgan fingerprint density at radius 2 is 2.00 bits per heavy atom. The molecule has 1 heterocycles. The highest BCUT2D eigenvalue weighted by Gasteiger charge is 1.95. The van der Waals surface area contributed by atoms with Gasteiger partial charge in [0.2, 0.25) is 0 Å². The van der Waals surface area contributed by atoms with Gasteiger partial charge in [0.25, 0.3) is 0 Å². The van der Waals surface area contributed by atoms with E-state index in [-0.39, 0.29) is 0 Å². The van der Waals surface area contributed by atoms with Crippen LogP contribution in [0.25, 0.3) is 0 Å². The average Bonchev–Trinajstić information content (AvgIpc) is 2.63. The number of imidazole rings is 1. The van der Waals surface area contributed by atoms with Gasteiger partial charge >= 0.3 is 0 Å². The van der Waals surface area contributed by atoms with Gasteiger partial charge < -0.3 is 14.7 Å². The predicted octanol–water partition coefficient (Wildman–Crippen LogP) is 2.65. The van der Waals surface area contributed by atoms with Gasteiger partial charge in [0.05, 0.1) is 5.69 Å². The summed E-state index contributed by atoms with van der Waals surface area (Å²) in [6.07, 6.45) is 1.81. The molecule has 0 radical (unpaired) electrons. The number of rotatable bonds is 3. The number of para-hydroxylation sites is 1. The fraction of sp³-hybridized carbons (Fsp3) is 0.100. The summed E-state index contributed by atoms with van der Waals surface area (Å²) in [7, 11) is 0. The summed E-state index contributed by atoms with van der Waals surface area (Å²) >= 11 is 4.90. The summed E-state index contributed by atoms with van der Waals surface area (Å²) in [4.78, 5) is 5.86. The number of hydrogen-bond acceptors (Lipinski definition) is 2. The normalized spacial score (nSPS) is 10.0. The molecule has 0 unspecified atom stereocenters. The lowest BCUT2D eigenvalue weighted by Gasteiger charge is -2.02. The molecule has 0 spiro atoms. The van der Waals surface area contributed by atoms with E-state index in [1.165, 1.54) is 0 Å². The van der Waals surface area contributed by atoms with Gasteiger partial charge in [-0.2, -0.15) is 0 Å². The lowest BCUT2D eigenvalue weighted by molar-refractivity contribution is 0.302. The smallest absolute Gasteiger partial charge is 0.174 e. The molecule has 3 nitrogen and oxygen atoms in total. The van der Waals surface area contributed by atoms with Crippen LogP contribution in [0.4, 0.5) is 0 Å². The number of benzene rings is 1. The number of hydrogen-bond donors (Lipinski definition) is 2. The van der Waals surface area contributed by atoms with E-state index < -0.39 is 0 Å². The molecular weight excluding hydrogens is 196 g/mol. The highest BCUT2D eigenvalue weighted by atomic mass is 32.1. The lowest BCUT2D eigenvalue weighted by Crippen LogP contribution is -1.94. The minimum Gasteiger partial charge on any atom is -0.487 e.